The monoisotopic (exact) mass is 359 g/mol. The standard InChI is InChI=1S/C17H15F2N5O2/c1-11(2)22(12-7-4-3-5-8-12)16(25)24-17(26)23(20-21-24)15-13(18)9-6-10-14(15)19/h3-11H,1-2H3. The molecule has 0 atom stereocenters. The van der Waals surface area contributed by atoms with Crippen molar-refractivity contribution in [3.05, 3.63) is 70.6 Å². The van der Waals surface area contributed by atoms with Crippen molar-refractivity contribution < 1.29 is 13.6 Å². The largest absolute Gasteiger partial charge is 0.377 e. The Morgan fingerprint density at radius 1 is 1.00 bits per heavy atom. The summed E-state index contributed by atoms with van der Waals surface area (Å²) in [6, 6.07) is 10.7. The van der Waals surface area contributed by atoms with Crippen molar-refractivity contribution in [3.63, 3.8) is 0 Å². The van der Waals surface area contributed by atoms with Gasteiger partial charge in [0.1, 0.15) is 5.69 Å². The molecule has 0 N–H and O–H groups in total. The lowest BCUT2D eigenvalue weighted by atomic mass is 10.2. The first kappa shape index (κ1) is 17.5. The van der Waals surface area contributed by atoms with Crippen LogP contribution in [0.2, 0.25) is 0 Å². The lowest BCUT2D eigenvalue weighted by molar-refractivity contribution is 0.242. The number of anilines is 1. The molecule has 0 aliphatic carbocycles. The number of amides is 1. The predicted molar refractivity (Wildman–Crippen MR) is 90.4 cm³/mol. The van der Waals surface area contributed by atoms with Gasteiger partial charge in [-0.3, -0.25) is 4.90 Å². The molecule has 3 aromatic rings. The van der Waals surface area contributed by atoms with Gasteiger partial charge in [-0.2, -0.15) is 4.68 Å². The zero-order chi connectivity index (χ0) is 18.8. The van der Waals surface area contributed by atoms with E-state index in [0.717, 1.165) is 18.2 Å². The Balaban J connectivity index is 2.07. The molecule has 0 radical (unpaired) electrons. The highest BCUT2D eigenvalue weighted by Crippen LogP contribution is 2.18. The second-order valence-electron chi connectivity index (χ2n) is 5.74. The number of para-hydroxylation sites is 2. The number of rotatable bonds is 3. The fourth-order valence-electron chi connectivity index (χ4n) is 2.52. The predicted octanol–water partition coefficient (Wildman–Crippen LogP) is 2.59. The first-order valence-electron chi connectivity index (χ1n) is 7.80. The summed E-state index contributed by atoms with van der Waals surface area (Å²) in [4.78, 5) is 26.6. The highest BCUT2D eigenvalue weighted by molar-refractivity contribution is 5.93. The maximum Gasteiger partial charge on any atom is 0.377 e. The minimum atomic E-state index is -1.07. The molecular formula is C17H15F2N5O2. The second kappa shape index (κ2) is 6.87. The lowest BCUT2D eigenvalue weighted by Gasteiger charge is -2.25. The van der Waals surface area contributed by atoms with Crippen molar-refractivity contribution >= 4 is 11.7 Å². The molecule has 1 heterocycles. The van der Waals surface area contributed by atoms with E-state index in [1.807, 2.05) is 0 Å². The Kier molecular flexibility index (Phi) is 4.61. The van der Waals surface area contributed by atoms with Crippen LogP contribution in [0.5, 0.6) is 0 Å². The van der Waals surface area contributed by atoms with Crippen LogP contribution in [0.1, 0.15) is 13.8 Å². The number of benzene rings is 2. The number of nitrogens with zero attached hydrogens (tertiary/aromatic N) is 5. The molecule has 0 unspecified atom stereocenters. The molecule has 0 saturated carbocycles. The summed E-state index contributed by atoms with van der Waals surface area (Å²) in [5.41, 5.74) is -1.21. The van der Waals surface area contributed by atoms with E-state index in [9.17, 15) is 18.4 Å². The zero-order valence-corrected chi connectivity index (χ0v) is 14.0. The van der Waals surface area contributed by atoms with Gasteiger partial charge in [-0.25, -0.2) is 18.4 Å². The van der Waals surface area contributed by atoms with E-state index in [-0.39, 0.29) is 6.04 Å². The molecule has 134 valence electrons. The van der Waals surface area contributed by atoms with E-state index in [2.05, 4.69) is 10.4 Å². The Bertz CT molecular complexity index is 978. The third kappa shape index (κ3) is 2.99. The van der Waals surface area contributed by atoms with Gasteiger partial charge < -0.3 is 0 Å². The van der Waals surface area contributed by atoms with E-state index in [1.165, 1.54) is 4.90 Å². The van der Waals surface area contributed by atoms with Crippen LogP contribution in [0, 0.1) is 11.6 Å². The summed E-state index contributed by atoms with van der Waals surface area (Å²) < 4.78 is 28.7. The summed E-state index contributed by atoms with van der Waals surface area (Å²) in [5.74, 6) is -1.98. The molecule has 0 spiro atoms. The highest BCUT2D eigenvalue weighted by Gasteiger charge is 2.26. The van der Waals surface area contributed by atoms with Crippen LogP contribution in [-0.2, 0) is 0 Å². The van der Waals surface area contributed by atoms with Gasteiger partial charge >= 0.3 is 11.7 Å². The van der Waals surface area contributed by atoms with E-state index in [1.54, 1.807) is 44.2 Å². The van der Waals surface area contributed by atoms with Gasteiger partial charge in [-0.1, -0.05) is 24.3 Å². The molecule has 0 aliphatic heterocycles. The van der Waals surface area contributed by atoms with Crippen LogP contribution in [-0.4, -0.2) is 31.9 Å². The molecule has 0 saturated heterocycles. The Morgan fingerprint density at radius 3 is 2.19 bits per heavy atom. The van der Waals surface area contributed by atoms with Crippen LogP contribution >= 0.6 is 0 Å². The van der Waals surface area contributed by atoms with Gasteiger partial charge in [-0.05, 0) is 48.5 Å². The van der Waals surface area contributed by atoms with Gasteiger partial charge in [-0.15, -0.1) is 4.68 Å². The van der Waals surface area contributed by atoms with E-state index >= 15 is 0 Å². The molecule has 26 heavy (non-hydrogen) atoms. The molecular weight excluding hydrogens is 344 g/mol. The number of halogens is 2. The Labute approximate surface area is 147 Å². The molecule has 9 heteroatoms. The van der Waals surface area contributed by atoms with Crippen molar-refractivity contribution in [1.82, 2.24) is 19.8 Å². The van der Waals surface area contributed by atoms with E-state index in [0.29, 0.717) is 15.1 Å². The minimum absolute atomic E-state index is 0.299. The average molecular weight is 359 g/mol. The Hall–Kier alpha value is -3.36. The fraction of sp³-hybridized carbons (Fsp3) is 0.176. The number of hydrogen-bond acceptors (Lipinski definition) is 4. The van der Waals surface area contributed by atoms with Gasteiger partial charge in [0.2, 0.25) is 0 Å². The molecule has 0 bridgehead atoms. The van der Waals surface area contributed by atoms with Gasteiger partial charge in [0.05, 0.1) is 0 Å². The second-order valence-corrected chi connectivity index (χ2v) is 5.74. The summed E-state index contributed by atoms with van der Waals surface area (Å²) in [6.45, 7) is 3.52. The van der Waals surface area contributed by atoms with Crippen LogP contribution in [0.3, 0.4) is 0 Å². The van der Waals surface area contributed by atoms with Crippen LogP contribution in [0.25, 0.3) is 5.69 Å². The van der Waals surface area contributed by atoms with Gasteiger partial charge in [0.25, 0.3) is 0 Å². The highest BCUT2D eigenvalue weighted by atomic mass is 19.1. The molecule has 7 nitrogen and oxygen atoms in total. The van der Waals surface area contributed by atoms with Crippen molar-refractivity contribution in [3.8, 4) is 5.69 Å². The van der Waals surface area contributed by atoms with E-state index in [4.69, 9.17) is 0 Å². The van der Waals surface area contributed by atoms with Gasteiger partial charge in [0.15, 0.2) is 11.6 Å². The first-order chi connectivity index (χ1) is 12.4. The minimum Gasteiger partial charge on any atom is -0.290 e. The van der Waals surface area contributed by atoms with Crippen molar-refractivity contribution in [2.45, 2.75) is 19.9 Å². The zero-order valence-electron chi connectivity index (χ0n) is 14.0. The average Bonchev–Trinajstić information content (AvgIpc) is 2.97. The van der Waals surface area contributed by atoms with Crippen molar-refractivity contribution in [2.24, 2.45) is 0 Å². The lowest BCUT2D eigenvalue weighted by Crippen LogP contribution is -2.44. The van der Waals surface area contributed by atoms with Crippen LogP contribution in [0.15, 0.2) is 53.3 Å². The molecule has 1 aromatic heterocycles. The van der Waals surface area contributed by atoms with Crippen LogP contribution < -0.4 is 10.6 Å². The van der Waals surface area contributed by atoms with Gasteiger partial charge in [0, 0.05) is 11.7 Å². The third-order valence-corrected chi connectivity index (χ3v) is 3.67. The maximum atomic E-state index is 13.9. The topological polar surface area (TPSA) is 73.0 Å². The molecule has 2 aromatic carbocycles. The smallest absolute Gasteiger partial charge is 0.290 e. The first-order valence-corrected chi connectivity index (χ1v) is 7.80. The quantitative estimate of drug-likeness (QED) is 0.674. The molecule has 3 rings (SSSR count). The summed E-state index contributed by atoms with van der Waals surface area (Å²) >= 11 is 0. The number of tetrazole rings is 1. The summed E-state index contributed by atoms with van der Waals surface area (Å²) in [5, 5.41) is 6.95. The van der Waals surface area contributed by atoms with Crippen molar-refractivity contribution in [1.29, 1.82) is 0 Å². The normalized spacial score (nSPS) is 11.0. The number of carbonyl (C=O) groups is 1. The molecule has 1 amide bonds. The SMILES string of the molecule is CC(C)N(C(=O)n1nnn(-c2c(F)cccc2F)c1=O)c1ccccc1. The Morgan fingerprint density at radius 2 is 1.62 bits per heavy atom. The summed E-state index contributed by atoms with van der Waals surface area (Å²) in [6.07, 6.45) is 0. The van der Waals surface area contributed by atoms with E-state index < -0.39 is 29.0 Å². The molecule has 0 aliphatic rings. The number of aromatic nitrogens is 4. The third-order valence-electron chi connectivity index (χ3n) is 3.67. The van der Waals surface area contributed by atoms with Crippen LogP contribution in [0.4, 0.5) is 19.3 Å². The maximum absolute atomic E-state index is 13.9. The molecule has 0 fully saturated rings. The van der Waals surface area contributed by atoms with Crippen molar-refractivity contribution in [2.75, 3.05) is 4.90 Å². The number of carbonyl (C=O) groups excluding carboxylic acids is 1. The summed E-state index contributed by atoms with van der Waals surface area (Å²) in [7, 11) is 0. The fourth-order valence-corrected chi connectivity index (χ4v) is 2.52. The number of hydrogen-bond donors (Lipinski definition) is 0.